The number of aliphatic hydroxyl groups excluding tert-OH is 1. The minimum absolute atomic E-state index is 0. The molecule has 2 aromatic rings. The molecule has 0 bridgehead atoms. The van der Waals surface area contributed by atoms with E-state index in [9.17, 15) is 19.5 Å². The molecular formula is C27H40ClN5O4S. The highest BCUT2D eigenvalue weighted by Gasteiger charge is 2.55. The summed E-state index contributed by atoms with van der Waals surface area (Å²) >= 11 is 1.57. The van der Waals surface area contributed by atoms with Crippen LogP contribution in [0.1, 0.15) is 64.3 Å². The molecule has 1 aromatic carbocycles. The molecule has 210 valence electrons. The van der Waals surface area contributed by atoms with E-state index in [-0.39, 0.29) is 43.7 Å². The fourth-order valence-corrected chi connectivity index (χ4v) is 5.40. The normalized spacial score (nSPS) is 20.8. The number of amides is 2. The molecule has 0 radical (unpaired) electrons. The van der Waals surface area contributed by atoms with Gasteiger partial charge < -0.3 is 21.5 Å². The van der Waals surface area contributed by atoms with Crippen LogP contribution in [-0.4, -0.2) is 58.5 Å². The average molecular weight is 566 g/mol. The number of thiazole rings is 1. The Bertz CT molecular complexity index is 1120. The second kappa shape index (κ2) is 13.1. The van der Waals surface area contributed by atoms with Crippen molar-refractivity contribution >= 4 is 41.3 Å². The van der Waals surface area contributed by atoms with Gasteiger partial charge in [-0.25, -0.2) is 4.98 Å². The molecular weight excluding hydrogens is 526 g/mol. The van der Waals surface area contributed by atoms with Crippen molar-refractivity contribution in [2.45, 2.75) is 77.6 Å². The van der Waals surface area contributed by atoms with Crippen LogP contribution in [0.4, 0.5) is 0 Å². The number of nitrogens with two attached hydrogens (primary N) is 1. The number of aromatic nitrogens is 1. The van der Waals surface area contributed by atoms with Crippen LogP contribution in [0.5, 0.6) is 0 Å². The minimum atomic E-state index is -1.66. The third kappa shape index (κ3) is 7.18. The highest BCUT2D eigenvalue weighted by atomic mass is 35.5. The van der Waals surface area contributed by atoms with Crippen molar-refractivity contribution in [2.75, 3.05) is 13.1 Å². The number of β-amino-alcohol motifs (C(OH)–C–C–N with tert-alkyl or cyclic N) is 1. The minimum Gasteiger partial charge on any atom is -0.392 e. The van der Waals surface area contributed by atoms with Crippen LogP contribution in [0.15, 0.2) is 29.8 Å². The number of hydrogen-bond acceptors (Lipinski definition) is 8. The van der Waals surface area contributed by atoms with Crippen LogP contribution < -0.4 is 21.7 Å². The fourth-order valence-electron chi connectivity index (χ4n) is 4.59. The van der Waals surface area contributed by atoms with E-state index in [1.54, 1.807) is 11.3 Å². The zero-order valence-corrected chi connectivity index (χ0v) is 24.3. The van der Waals surface area contributed by atoms with E-state index in [0.29, 0.717) is 13.0 Å². The maximum atomic E-state index is 14.0. The maximum absolute atomic E-state index is 14.0. The van der Waals surface area contributed by atoms with E-state index in [0.717, 1.165) is 21.7 Å². The lowest BCUT2D eigenvalue weighted by Gasteiger charge is -2.37. The Morgan fingerprint density at radius 1 is 1.24 bits per heavy atom. The van der Waals surface area contributed by atoms with Crippen molar-refractivity contribution < 1.29 is 19.5 Å². The predicted octanol–water partition coefficient (Wildman–Crippen LogP) is 2.65. The smallest absolute Gasteiger partial charge is 0.248 e. The Labute approximate surface area is 234 Å². The second-order valence-corrected chi connectivity index (χ2v) is 11.7. The first kappa shape index (κ1) is 31.8. The topological polar surface area (TPSA) is 146 Å². The Balaban J connectivity index is 0.00000507. The number of carbonyl (C=O) groups excluding carboxylic acids is 3. The number of aliphatic hydroxyl groups is 1. The molecule has 0 saturated carbocycles. The number of hydrogen-bond donors (Lipinski definition) is 5. The van der Waals surface area contributed by atoms with Crippen molar-refractivity contribution in [3.8, 4) is 10.4 Å². The summed E-state index contributed by atoms with van der Waals surface area (Å²) in [5.74, 6) is -1.27. The molecule has 4 atom stereocenters. The molecule has 0 aliphatic carbocycles. The summed E-state index contributed by atoms with van der Waals surface area (Å²) in [7, 11) is 0. The van der Waals surface area contributed by atoms with Crippen molar-refractivity contribution in [1.29, 1.82) is 0 Å². The van der Waals surface area contributed by atoms with E-state index < -0.39 is 34.8 Å². The summed E-state index contributed by atoms with van der Waals surface area (Å²) in [4.78, 5) is 45.6. The van der Waals surface area contributed by atoms with Gasteiger partial charge in [-0.1, -0.05) is 45.0 Å². The van der Waals surface area contributed by atoms with Gasteiger partial charge in [-0.05, 0) is 43.4 Å². The van der Waals surface area contributed by atoms with Gasteiger partial charge >= 0.3 is 0 Å². The number of carbonyl (C=O) groups is 3. The van der Waals surface area contributed by atoms with Gasteiger partial charge in [-0.15, -0.1) is 23.7 Å². The average Bonchev–Trinajstić information content (AvgIpc) is 3.46. The molecule has 1 saturated heterocycles. The van der Waals surface area contributed by atoms with Crippen LogP contribution in [0.2, 0.25) is 0 Å². The third-order valence-corrected chi connectivity index (χ3v) is 7.77. The highest BCUT2D eigenvalue weighted by Crippen LogP contribution is 2.31. The zero-order valence-electron chi connectivity index (χ0n) is 22.7. The lowest BCUT2D eigenvalue weighted by Crippen LogP contribution is -2.66. The highest BCUT2D eigenvalue weighted by molar-refractivity contribution is 7.13. The van der Waals surface area contributed by atoms with Crippen LogP contribution in [0, 0.1) is 12.3 Å². The number of aryl methyl sites for hydroxylation is 1. The van der Waals surface area contributed by atoms with E-state index in [1.807, 2.05) is 64.4 Å². The Morgan fingerprint density at radius 3 is 2.39 bits per heavy atom. The number of benzene rings is 1. The van der Waals surface area contributed by atoms with Crippen molar-refractivity contribution in [3.05, 3.63) is 41.0 Å². The molecule has 1 aromatic heterocycles. The Morgan fingerprint density at radius 2 is 1.89 bits per heavy atom. The van der Waals surface area contributed by atoms with Crippen LogP contribution >= 0.6 is 23.7 Å². The number of ketones is 1. The van der Waals surface area contributed by atoms with E-state index >= 15 is 0 Å². The summed E-state index contributed by atoms with van der Waals surface area (Å²) in [6.07, 6.45) is -0.238. The lowest BCUT2D eigenvalue weighted by atomic mass is 9.75. The molecule has 6 N–H and O–H groups in total. The van der Waals surface area contributed by atoms with Crippen LogP contribution in [-0.2, 0) is 14.4 Å². The molecule has 9 nitrogen and oxygen atoms in total. The van der Waals surface area contributed by atoms with E-state index in [4.69, 9.17) is 5.73 Å². The van der Waals surface area contributed by atoms with Crippen molar-refractivity contribution in [2.24, 2.45) is 11.1 Å². The molecule has 11 heteroatoms. The molecule has 3 rings (SSSR count). The van der Waals surface area contributed by atoms with Gasteiger partial charge in [-0.2, -0.15) is 0 Å². The summed E-state index contributed by atoms with van der Waals surface area (Å²) in [5.41, 5.74) is 7.91. The zero-order chi connectivity index (χ0) is 27.4. The summed E-state index contributed by atoms with van der Waals surface area (Å²) in [6.45, 7) is 9.80. The predicted molar refractivity (Wildman–Crippen MR) is 152 cm³/mol. The second-order valence-electron chi connectivity index (χ2n) is 10.9. The first-order valence-corrected chi connectivity index (χ1v) is 13.5. The molecule has 1 aliphatic rings. The molecule has 0 spiro atoms. The van der Waals surface area contributed by atoms with Crippen LogP contribution in [0.3, 0.4) is 0 Å². The number of nitrogens with zero attached hydrogens (tertiary/aromatic N) is 1. The van der Waals surface area contributed by atoms with Crippen LogP contribution in [0.25, 0.3) is 10.4 Å². The molecule has 1 fully saturated rings. The van der Waals surface area contributed by atoms with Gasteiger partial charge in [0.25, 0.3) is 0 Å². The first-order valence-electron chi connectivity index (χ1n) is 12.7. The Kier molecular flexibility index (Phi) is 11.0. The van der Waals surface area contributed by atoms with Gasteiger partial charge in [0.1, 0.15) is 0 Å². The molecule has 2 amide bonds. The Hall–Kier alpha value is -2.37. The van der Waals surface area contributed by atoms with Gasteiger partial charge in [0.2, 0.25) is 11.8 Å². The van der Waals surface area contributed by atoms with Gasteiger partial charge in [0.15, 0.2) is 11.3 Å². The molecule has 2 unspecified atom stereocenters. The fraction of sp³-hybridized carbons (Fsp3) is 0.556. The number of Topliss-reactive ketones (excluding diaryl/α,β-unsaturated/α-hetero) is 1. The van der Waals surface area contributed by atoms with Gasteiger partial charge in [-0.3, -0.25) is 19.7 Å². The van der Waals surface area contributed by atoms with Crippen molar-refractivity contribution in [1.82, 2.24) is 20.9 Å². The van der Waals surface area contributed by atoms with Gasteiger partial charge in [0.05, 0.1) is 34.3 Å². The summed E-state index contributed by atoms with van der Waals surface area (Å²) in [6, 6.07) is 6.55. The first-order chi connectivity index (χ1) is 17.4. The van der Waals surface area contributed by atoms with E-state index in [1.165, 1.54) is 0 Å². The monoisotopic (exact) mass is 565 g/mol. The number of halogens is 1. The van der Waals surface area contributed by atoms with E-state index in [2.05, 4.69) is 20.9 Å². The standard InChI is InChI=1S/C27H39N5O4S.ClH/c1-16(18-8-10-19(11-9-18)22-17(2)29-15-37-22)31-25(36)27(13-20(33)14-30-27)24(35)23(26(3,4)5)32-21(34)7-6-12-28;/h8-11,15-16,20,23,30,33H,6-7,12-14,28H2,1-5H3,(H,31,36)(H,32,34);1H/t16?,20-,23?,27+;/m1./s1. The maximum Gasteiger partial charge on any atom is 0.248 e. The van der Waals surface area contributed by atoms with Gasteiger partial charge in [0, 0.05) is 19.4 Å². The summed E-state index contributed by atoms with van der Waals surface area (Å²) < 4.78 is 0. The number of nitrogens with one attached hydrogen (secondary N) is 3. The largest absolute Gasteiger partial charge is 0.392 e. The molecule has 2 heterocycles. The molecule has 1 aliphatic heterocycles. The number of rotatable bonds is 10. The lowest BCUT2D eigenvalue weighted by molar-refractivity contribution is -0.142. The van der Waals surface area contributed by atoms with Crippen molar-refractivity contribution in [3.63, 3.8) is 0 Å². The quantitative estimate of drug-likeness (QED) is 0.278. The summed E-state index contributed by atoms with van der Waals surface area (Å²) in [5, 5.41) is 19.1. The third-order valence-electron chi connectivity index (χ3n) is 6.80. The molecule has 38 heavy (non-hydrogen) atoms. The SMILES string of the molecule is Cc1ncsc1-c1ccc(C(C)NC(=O)[C@@]2(C(=O)C(NC(=O)CCCN)C(C)(C)C)C[C@@H](O)CN2)cc1.Cl.